The van der Waals surface area contributed by atoms with E-state index in [2.05, 4.69) is 10.6 Å². The van der Waals surface area contributed by atoms with E-state index in [1.807, 2.05) is 43.3 Å². The van der Waals surface area contributed by atoms with Crippen molar-refractivity contribution in [3.8, 4) is 0 Å². The lowest BCUT2D eigenvalue weighted by molar-refractivity contribution is -0.109. The average Bonchev–Trinajstić information content (AvgIpc) is 2.71. The summed E-state index contributed by atoms with van der Waals surface area (Å²) in [6, 6.07) is 19.4. The molecule has 2 amide bonds. The predicted molar refractivity (Wildman–Crippen MR) is 106 cm³/mol. The first-order valence-electron chi connectivity index (χ1n) is 8.77. The van der Waals surface area contributed by atoms with E-state index >= 15 is 0 Å². The molecule has 0 aliphatic heterocycles. The third-order valence-electron chi connectivity index (χ3n) is 4.35. The molecule has 0 aromatic heterocycles. The summed E-state index contributed by atoms with van der Waals surface area (Å²) in [4.78, 5) is 36.1. The highest BCUT2D eigenvalue weighted by atomic mass is 16.2. The quantitative estimate of drug-likeness (QED) is 0.657. The average molecular weight is 360 g/mol. The number of anilines is 1. The van der Waals surface area contributed by atoms with Gasteiger partial charge in [-0.25, -0.2) is 0 Å². The third kappa shape index (κ3) is 4.20. The summed E-state index contributed by atoms with van der Waals surface area (Å²) in [7, 11) is 0. The maximum atomic E-state index is 12.7. The number of benzene rings is 3. The number of amides is 2. The Morgan fingerprint density at radius 3 is 2.37 bits per heavy atom. The fourth-order valence-electron chi connectivity index (χ4n) is 2.79. The van der Waals surface area contributed by atoms with Gasteiger partial charge in [0.1, 0.15) is 6.29 Å². The van der Waals surface area contributed by atoms with Crippen molar-refractivity contribution >= 4 is 34.6 Å². The van der Waals surface area contributed by atoms with Crippen molar-refractivity contribution < 1.29 is 14.4 Å². The van der Waals surface area contributed by atoms with Crippen LogP contribution in [0.5, 0.6) is 0 Å². The Kier molecular flexibility index (Phi) is 5.61. The van der Waals surface area contributed by atoms with E-state index < -0.39 is 11.9 Å². The van der Waals surface area contributed by atoms with Crippen molar-refractivity contribution in [2.75, 3.05) is 5.32 Å². The van der Waals surface area contributed by atoms with Gasteiger partial charge in [0.15, 0.2) is 0 Å². The minimum Gasteiger partial charge on any atom is -0.342 e. The molecular weight excluding hydrogens is 340 g/mol. The van der Waals surface area contributed by atoms with Crippen molar-refractivity contribution in [3.05, 3.63) is 77.9 Å². The van der Waals surface area contributed by atoms with Crippen molar-refractivity contribution in [1.82, 2.24) is 5.32 Å². The van der Waals surface area contributed by atoms with Crippen LogP contribution >= 0.6 is 0 Å². The van der Waals surface area contributed by atoms with Gasteiger partial charge in [0, 0.05) is 5.56 Å². The molecule has 1 atom stereocenters. The van der Waals surface area contributed by atoms with E-state index in [9.17, 15) is 14.4 Å². The monoisotopic (exact) mass is 360 g/mol. The lowest BCUT2D eigenvalue weighted by Crippen LogP contribution is -2.35. The highest BCUT2D eigenvalue weighted by Crippen LogP contribution is 2.19. The molecule has 0 aliphatic carbocycles. The van der Waals surface area contributed by atoms with Crippen LogP contribution in [0.15, 0.2) is 66.7 Å². The Bertz CT molecular complexity index is 998. The molecule has 0 fully saturated rings. The first kappa shape index (κ1) is 18.3. The maximum absolute atomic E-state index is 12.7. The first-order chi connectivity index (χ1) is 13.1. The maximum Gasteiger partial charge on any atom is 0.255 e. The third-order valence-corrected chi connectivity index (χ3v) is 4.35. The molecule has 0 bridgehead atoms. The minimum absolute atomic E-state index is 0.302. The van der Waals surface area contributed by atoms with E-state index in [4.69, 9.17) is 0 Å². The summed E-state index contributed by atoms with van der Waals surface area (Å²) in [5.74, 6) is -0.702. The summed E-state index contributed by atoms with van der Waals surface area (Å²) >= 11 is 0. The van der Waals surface area contributed by atoms with Gasteiger partial charge >= 0.3 is 0 Å². The number of para-hydroxylation sites is 1. The van der Waals surface area contributed by atoms with Crippen LogP contribution in [-0.2, 0) is 4.79 Å². The predicted octanol–water partition coefficient (Wildman–Crippen LogP) is 3.80. The molecule has 0 radical (unpaired) electrons. The Balaban J connectivity index is 1.83. The molecule has 5 heteroatoms. The van der Waals surface area contributed by atoms with Gasteiger partial charge in [0.25, 0.3) is 11.8 Å². The number of hydrogen-bond donors (Lipinski definition) is 2. The van der Waals surface area contributed by atoms with Crippen molar-refractivity contribution in [3.63, 3.8) is 0 Å². The van der Waals surface area contributed by atoms with Crippen LogP contribution in [0.25, 0.3) is 10.8 Å². The number of fused-ring (bicyclic) bond motifs is 1. The number of rotatable bonds is 6. The molecular formula is C22H20N2O3. The molecule has 136 valence electrons. The van der Waals surface area contributed by atoms with Gasteiger partial charge in [-0.15, -0.1) is 0 Å². The highest BCUT2D eigenvalue weighted by Gasteiger charge is 2.16. The van der Waals surface area contributed by atoms with Gasteiger partial charge in [-0.2, -0.15) is 0 Å². The van der Waals surface area contributed by atoms with Crippen molar-refractivity contribution in [2.45, 2.75) is 19.4 Å². The molecule has 0 saturated heterocycles. The second kappa shape index (κ2) is 8.27. The van der Waals surface area contributed by atoms with Gasteiger partial charge in [-0.05, 0) is 41.5 Å². The number of carbonyl (C=O) groups is 3. The van der Waals surface area contributed by atoms with E-state index in [0.29, 0.717) is 29.5 Å². The zero-order chi connectivity index (χ0) is 19.2. The summed E-state index contributed by atoms with van der Waals surface area (Å²) in [6.07, 6.45) is 1.20. The molecule has 5 nitrogen and oxygen atoms in total. The van der Waals surface area contributed by atoms with Gasteiger partial charge in [0.05, 0.1) is 17.3 Å². The van der Waals surface area contributed by atoms with Crippen LogP contribution in [0.2, 0.25) is 0 Å². The summed E-state index contributed by atoms with van der Waals surface area (Å²) in [6.45, 7) is 1.81. The van der Waals surface area contributed by atoms with Gasteiger partial charge < -0.3 is 15.4 Å². The molecule has 3 aromatic carbocycles. The van der Waals surface area contributed by atoms with Crippen LogP contribution in [0, 0.1) is 0 Å². The Morgan fingerprint density at radius 2 is 1.63 bits per heavy atom. The first-order valence-corrected chi connectivity index (χ1v) is 8.77. The normalized spacial score (nSPS) is 11.6. The Morgan fingerprint density at radius 1 is 0.926 bits per heavy atom. The van der Waals surface area contributed by atoms with Gasteiger partial charge in [-0.1, -0.05) is 49.4 Å². The minimum atomic E-state index is -0.554. The second-order valence-electron chi connectivity index (χ2n) is 6.19. The molecule has 27 heavy (non-hydrogen) atoms. The smallest absolute Gasteiger partial charge is 0.255 e. The lowest BCUT2D eigenvalue weighted by atomic mass is 10.1. The fraction of sp³-hybridized carbons (Fsp3) is 0.136. The summed E-state index contributed by atoms with van der Waals surface area (Å²) in [5.41, 5.74) is 1.21. The number of carbonyl (C=O) groups excluding carboxylic acids is 3. The zero-order valence-electron chi connectivity index (χ0n) is 14.9. The molecule has 0 saturated carbocycles. The van der Waals surface area contributed by atoms with E-state index in [1.165, 1.54) is 0 Å². The van der Waals surface area contributed by atoms with Crippen LogP contribution in [0.4, 0.5) is 5.69 Å². The highest BCUT2D eigenvalue weighted by molar-refractivity contribution is 6.10. The lowest BCUT2D eigenvalue weighted by Gasteiger charge is -2.14. The van der Waals surface area contributed by atoms with Crippen molar-refractivity contribution in [1.29, 1.82) is 0 Å². The van der Waals surface area contributed by atoms with Crippen LogP contribution in [0.3, 0.4) is 0 Å². The Labute approximate surface area is 157 Å². The largest absolute Gasteiger partial charge is 0.342 e. The fourth-order valence-corrected chi connectivity index (χ4v) is 2.79. The molecule has 2 N–H and O–H groups in total. The van der Waals surface area contributed by atoms with E-state index in [1.54, 1.807) is 30.3 Å². The van der Waals surface area contributed by atoms with E-state index in [-0.39, 0.29) is 5.91 Å². The SMILES string of the molecule is CCC(C=O)NC(=O)c1ccccc1NC(=O)c1ccc2ccccc2c1. The van der Waals surface area contributed by atoms with Crippen LogP contribution < -0.4 is 10.6 Å². The number of nitrogens with one attached hydrogen (secondary N) is 2. The standard InChI is InChI=1S/C22H20N2O3/c1-2-18(14-25)23-22(27)19-9-5-6-10-20(19)24-21(26)17-12-11-15-7-3-4-8-16(15)13-17/h3-14,18H,2H2,1H3,(H,23,27)(H,24,26). The zero-order valence-corrected chi connectivity index (χ0v) is 14.9. The summed E-state index contributed by atoms with van der Waals surface area (Å²) in [5, 5.41) is 7.46. The number of hydrogen-bond acceptors (Lipinski definition) is 3. The van der Waals surface area contributed by atoms with Gasteiger partial charge in [0.2, 0.25) is 0 Å². The second-order valence-corrected chi connectivity index (χ2v) is 6.19. The van der Waals surface area contributed by atoms with Crippen LogP contribution in [-0.4, -0.2) is 24.1 Å². The topological polar surface area (TPSA) is 75.3 Å². The molecule has 3 rings (SSSR count). The molecule has 3 aromatic rings. The Hall–Kier alpha value is -3.47. The van der Waals surface area contributed by atoms with Gasteiger partial charge in [-0.3, -0.25) is 9.59 Å². The summed E-state index contributed by atoms with van der Waals surface area (Å²) < 4.78 is 0. The molecule has 0 spiro atoms. The van der Waals surface area contributed by atoms with Crippen molar-refractivity contribution in [2.24, 2.45) is 0 Å². The van der Waals surface area contributed by atoms with Crippen LogP contribution in [0.1, 0.15) is 34.1 Å². The molecule has 1 unspecified atom stereocenters. The molecule has 0 heterocycles. The molecule has 0 aliphatic rings. The van der Waals surface area contributed by atoms with E-state index in [0.717, 1.165) is 10.8 Å². The number of aldehydes is 1.